The molecule has 0 aromatic heterocycles. The second kappa shape index (κ2) is 12.9. The first kappa shape index (κ1) is 20.2. The van der Waals surface area contributed by atoms with Gasteiger partial charge in [0.2, 0.25) is 0 Å². The van der Waals surface area contributed by atoms with Crippen molar-refractivity contribution in [3.63, 3.8) is 0 Å². The fraction of sp³-hybridized carbons (Fsp3) is 0.118. The number of carbonyl (C=O) groups is 1. The second-order valence-corrected chi connectivity index (χ2v) is 3.98. The first-order valence-electron chi connectivity index (χ1n) is 6.32. The second-order valence-electron chi connectivity index (χ2n) is 3.98. The number of carboxylic acids is 1. The molecule has 0 bridgehead atoms. The van der Waals surface area contributed by atoms with Crippen molar-refractivity contribution in [2.45, 2.75) is 6.42 Å². The van der Waals surface area contributed by atoms with Gasteiger partial charge >= 0.3 is 57.4 Å². The molecule has 104 valence electrons. The molecule has 0 aliphatic rings. The fourth-order valence-corrected chi connectivity index (χ4v) is 1.43. The van der Waals surface area contributed by atoms with Crippen molar-refractivity contribution in [3.05, 3.63) is 77.9 Å². The standard InChI is InChI=1S/C10H11O.C7H6O2.K/c11-9-5-4-8-10-6-2-1-3-7-10;8-7(9)6-4-2-1-3-5-6;/h1-4,6-8H,5,9H2;1-5H,(H,8,9);/q-1;;+1. The van der Waals surface area contributed by atoms with Crippen molar-refractivity contribution in [3.8, 4) is 0 Å². The van der Waals surface area contributed by atoms with Crippen LogP contribution >= 0.6 is 0 Å². The minimum Gasteiger partial charge on any atom is -0.854 e. The third-order valence-corrected chi connectivity index (χ3v) is 2.42. The van der Waals surface area contributed by atoms with Gasteiger partial charge < -0.3 is 10.2 Å². The van der Waals surface area contributed by atoms with Crippen LogP contribution < -0.4 is 56.5 Å². The molecule has 3 nitrogen and oxygen atoms in total. The Labute approximate surface area is 167 Å². The monoisotopic (exact) mass is 308 g/mol. The van der Waals surface area contributed by atoms with Gasteiger partial charge in [-0.25, -0.2) is 4.79 Å². The summed E-state index contributed by atoms with van der Waals surface area (Å²) in [6.45, 7) is -0.0245. The van der Waals surface area contributed by atoms with E-state index in [1.807, 2.05) is 42.5 Å². The zero-order valence-corrected chi connectivity index (χ0v) is 15.2. The summed E-state index contributed by atoms with van der Waals surface area (Å²) in [5, 5.41) is 18.5. The molecule has 21 heavy (non-hydrogen) atoms. The Hall–Kier alpha value is -0.754. The number of benzene rings is 2. The molecule has 4 heteroatoms. The van der Waals surface area contributed by atoms with E-state index in [0.29, 0.717) is 12.0 Å². The first-order chi connectivity index (χ1) is 9.74. The van der Waals surface area contributed by atoms with Gasteiger partial charge in [0.05, 0.1) is 5.56 Å². The molecule has 0 saturated heterocycles. The van der Waals surface area contributed by atoms with E-state index in [4.69, 9.17) is 5.11 Å². The Bertz CT molecular complexity index is 524. The number of hydrogen-bond acceptors (Lipinski definition) is 2. The molecule has 0 spiro atoms. The van der Waals surface area contributed by atoms with Crippen molar-refractivity contribution >= 4 is 12.0 Å². The molecule has 0 aliphatic heterocycles. The molecule has 0 aliphatic carbocycles. The first-order valence-corrected chi connectivity index (χ1v) is 6.32. The van der Waals surface area contributed by atoms with E-state index in [-0.39, 0.29) is 58.0 Å². The van der Waals surface area contributed by atoms with Crippen molar-refractivity contribution in [2.24, 2.45) is 0 Å². The van der Waals surface area contributed by atoms with E-state index in [9.17, 15) is 9.90 Å². The van der Waals surface area contributed by atoms with Crippen LogP contribution in [0.15, 0.2) is 66.7 Å². The van der Waals surface area contributed by atoms with Crippen LogP contribution in [0, 0.1) is 0 Å². The van der Waals surface area contributed by atoms with Crippen LogP contribution in [0.2, 0.25) is 0 Å². The Morgan fingerprint density at radius 1 is 1.00 bits per heavy atom. The van der Waals surface area contributed by atoms with Crippen LogP contribution in [0.4, 0.5) is 0 Å². The summed E-state index contributed by atoms with van der Waals surface area (Å²) in [5.41, 5.74) is 1.48. The van der Waals surface area contributed by atoms with Crippen LogP contribution in [-0.4, -0.2) is 17.7 Å². The van der Waals surface area contributed by atoms with Crippen LogP contribution in [-0.2, 0) is 0 Å². The van der Waals surface area contributed by atoms with Gasteiger partial charge in [-0.3, -0.25) is 0 Å². The van der Waals surface area contributed by atoms with Gasteiger partial charge in [-0.05, 0) is 17.7 Å². The molecule has 2 aromatic carbocycles. The predicted octanol–water partition coefficient (Wildman–Crippen LogP) is -0.161. The molecule has 0 heterocycles. The van der Waals surface area contributed by atoms with Gasteiger partial charge in [0.25, 0.3) is 0 Å². The van der Waals surface area contributed by atoms with Gasteiger partial charge in [0, 0.05) is 0 Å². The number of carboxylic acid groups (broad SMARTS) is 1. The molecule has 2 rings (SSSR count). The zero-order valence-electron chi connectivity index (χ0n) is 12.1. The van der Waals surface area contributed by atoms with Crippen molar-refractivity contribution in [1.29, 1.82) is 0 Å². The van der Waals surface area contributed by atoms with Crippen LogP contribution in [0.5, 0.6) is 0 Å². The Kier molecular flexibility index (Phi) is 12.5. The third-order valence-electron chi connectivity index (χ3n) is 2.42. The quantitative estimate of drug-likeness (QED) is 0.799. The number of aromatic carboxylic acids is 1. The van der Waals surface area contributed by atoms with E-state index in [1.54, 1.807) is 30.3 Å². The third kappa shape index (κ3) is 9.74. The Morgan fingerprint density at radius 2 is 1.52 bits per heavy atom. The van der Waals surface area contributed by atoms with E-state index in [2.05, 4.69) is 0 Å². The molecule has 0 fully saturated rings. The largest absolute Gasteiger partial charge is 1.00 e. The summed E-state index contributed by atoms with van der Waals surface area (Å²) in [7, 11) is 0. The van der Waals surface area contributed by atoms with E-state index < -0.39 is 5.97 Å². The molecule has 0 saturated carbocycles. The van der Waals surface area contributed by atoms with Gasteiger partial charge in [-0.15, -0.1) is 6.61 Å². The molecular weight excluding hydrogens is 291 g/mol. The van der Waals surface area contributed by atoms with Crippen molar-refractivity contribution < 1.29 is 66.4 Å². The Balaban J connectivity index is 0.000000370. The topological polar surface area (TPSA) is 60.4 Å². The van der Waals surface area contributed by atoms with Gasteiger partial charge in [0.15, 0.2) is 0 Å². The molecule has 2 aromatic rings. The molecule has 0 unspecified atom stereocenters. The molecule has 0 atom stereocenters. The molecule has 0 amide bonds. The summed E-state index contributed by atoms with van der Waals surface area (Å²) >= 11 is 0. The van der Waals surface area contributed by atoms with Gasteiger partial charge in [-0.2, -0.15) is 0 Å². The van der Waals surface area contributed by atoms with Crippen LogP contribution in [0.25, 0.3) is 6.08 Å². The van der Waals surface area contributed by atoms with E-state index >= 15 is 0 Å². The van der Waals surface area contributed by atoms with Crippen LogP contribution in [0.3, 0.4) is 0 Å². The van der Waals surface area contributed by atoms with Gasteiger partial charge in [-0.1, -0.05) is 67.1 Å². The number of hydrogen-bond donors (Lipinski definition) is 1. The van der Waals surface area contributed by atoms with Crippen LogP contribution in [0.1, 0.15) is 22.3 Å². The van der Waals surface area contributed by atoms with E-state index in [1.165, 1.54) is 0 Å². The Morgan fingerprint density at radius 3 is 1.95 bits per heavy atom. The van der Waals surface area contributed by atoms with Crippen molar-refractivity contribution in [2.75, 3.05) is 6.61 Å². The minimum atomic E-state index is -0.879. The average Bonchev–Trinajstić information content (AvgIpc) is 2.50. The molecule has 1 N–H and O–H groups in total. The maximum absolute atomic E-state index is 10.2. The summed E-state index contributed by atoms with van der Waals surface area (Å²) in [5.74, 6) is -0.879. The smallest absolute Gasteiger partial charge is 0.854 e. The maximum atomic E-state index is 10.2. The normalized spacial score (nSPS) is 9.38. The maximum Gasteiger partial charge on any atom is 1.00 e. The van der Waals surface area contributed by atoms with Gasteiger partial charge in [0.1, 0.15) is 0 Å². The summed E-state index contributed by atoms with van der Waals surface area (Å²) in [6.07, 6.45) is 4.50. The summed E-state index contributed by atoms with van der Waals surface area (Å²) < 4.78 is 0. The summed E-state index contributed by atoms with van der Waals surface area (Å²) in [6, 6.07) is 18.3. The fourth-order valence-electron chi connectivity index (χ4n) is 1.43. The SMILES string of the molecule is O=C(O)c1ccccc1.[K+].[O-]CCC=Cc1ccccc1. The van der Waals surface area contributed by atoms with E-state index in [0.717, 1.165) is 5.56 Å². The molecule has 0 radical (unpaired) electrons. The summed E-state index contributed by atoms with van der Waals surface area (Å²) in [4.78, 5) is 10.2. The van der Waals surface area contributed by atoms with Crippen molar-refractivity contribution in [1.82, 2.24) is 0 Å². The predicted molar refractivity (Wildman–Crippen MR) is 78.4 cm³/mol. The average molecular weight is 308 g/mol. The molecular formula is C17H17KO3. The minimum absolute atomic E-state index is 0. The zero-order chi connectivity index (χ0) is 14.6. The number of rotatable bonds is 4.